The molecule has 2 aromatic carbocycles. The average Bonchev–Trinajstić information content (AvgIpc) is 2.80. The monoisotopic (exact) mass is 422 g/mol. The summed E-state index contributed by atoms with van der Waals surface area (Å²) in [5, 5.41) is 3.43. The summed E-state index contributed by atoms with van der Waals surface area (Å²) >= 11 is 5.84. The summed E-state index contributed by atoms with van der Waals surface area (Å²) in [6.07, 6.45) is 1.68. The number of aromatic nitrogens is 1. The molecule has 0 saturated carbocycles. The maximum absolute atomic E-state index is 12.1. The Bertz CT molecular complexity index is 957. The van der Waals surface area contributed by atoms with Gasteiger partial charge in [0.15, 0.2) is 6.61 Å². The van der Waals surface area contributed by atoms with Crippen LogP contribution in [0.5, 0.6) is 5.75 Å². The van der Waals surface area contributed by atoms with E-state index in [4.69, 9.17) is 16.3 Å². The van der Waals surface area contributed by atoms with Crippen LogP contribution in [-0.4, -0.2) is 43.7 Å². The SMILES string of the molecule is O=C(COc1ccc(Cl)cc1)Nc1ccc(N2CCN(c3ccccc3)CC2)nc1. The standard InChI is InChI=1S/C23H23ClN4O2/c24-18-6-9-21(10-7-18)30-17-23(29)26-19-8-11-22(25-16-19)28-14-12-27(13-15-28)20-4-2-1-3-5-20/h1-11,16H,12-15,17H2,(H,26,29). The summed E-state index contributed by atoms with van der Waals surface area (Å²) < 4.78 is 5.46. The van der Waals surface area contributed by atoms with Crippen molar-refractivity contribution in [1.82, 2.24) is 4.98 Å². The van der Waals surface area contributed by atoms with Crippen LogP contribution in [0.15, 0.2) is 72.9 Å². The van der Waals surface area contributed by atoms with Gasteiger partial charge in [0.1, 0.15) is 11.6 Å². The molecule has 1 fully saturated rings. The van der Waals surface area contributed by atoms with Crippen LogP contribution in [0.2, 0.25) is 5.02 Å². The number of carbonyl (C=O) groups is 1. The van der Waals surface area contributed by atoms with Gasteiger partial charge in [0.2, 0.25) is 0 Å². The molecule has 7 heteroatoms. The van der Waals surface area contributed by atoms with Gasteiger partial charge in [-0.25, -0.2) is 4.98 Å². The Morgan fingerprint density at radius 2 is 1.63 bits per heavy atom. The molecule has 1 aliphatic rings. The Kier molecular flexibility index (Phi) is 6.35. The van der Waals surface area contributed by atoms with Crippen LogP contribution < -0.4 is 19.9 Å². The third kappa shape index (κ3) is 5.21. The number of nitrogens with zero attached hydrogens (tertiary/aromatic N) is 3. The summed E-state index contributed by atoms with van der Waals surface area (Å²) in [6, 6.07) is 21.1. The second kappa shape index (κ2) is 9.50. The number of hydrogen-bond donors (Lipinski definition) is 1. The van der Waals surface area contributed by atoms with E-state index in [0.29, 0.717) is 16.5 Å². The number of rotatable bonds is 6. The van der Waals surface area contributed by atoms with Crippen LogP contribution in [0, 0.1) is 0 Å². The fourth-order valence-corrected chi connectivity index (χ4v) is 3.48. The minimum Gasteiger partial charge on any atom is -0.484 e. The number of ether oxygens (including phenoxy) is 1. The number of carbonyl (C=O) groups excluding carboxylic acids is 1. The molecule has 1 aliphatic heterocycles. The maximum Gasteiger partial charge on any atom is 0.262 e. The van der Waals surface area contributed by atoms with Gasteiger partial charge in [-0.3, -0.25) is 4.79 Å². The Labute approximate surface area is 181 Å². The van der Waals surface area contributed by atoms with E-state index in [1.54, 1.807) is 30.5 Å². The third-order valence-electron chi connectivity index (χ3n) is 4.94. The van der Waals surface area contributed by atoms with E-state index >= 15 is 0 Å². The highest BCUT2D eigenvalue weighted by atomic mass is 35.5. The lowest BCUT2D eigenvalue weighted by atomic mass is 10.2. The summed E-state index contributed by atoms with van der Waals surface area (Å²) in [5.74, 6) is 1.27. The number of halogens is 1. The highest BCUT2D eigenvalue weighted by molar-refractivity contribution is 6.30. The van der Waals surface area contributed by atoms with Gasteiger partial charge in [-0.15, -0.1) is 0 Å². The van der Waals surface area contributed by atoms with E-state index < -0.39 is 0 Å². The average molecular weight is 423 g/mol. The zero-order valence-electron chi connectivity index (χ0n) is 16.5. The van der Waals surface area contributed by atoms with Crippen molar-refractivity contribution in [3.8, 4) is 5.75 Å². The zero-order chi connectivity index (χ0) is 20.8. The van der Waals surface area contributed by atoms with Gasteiger partial charge in [-0.2, -0.15) is 0 Å². The van der Waals surface area contributed by atoms with Gasteiger partial charge in [0.05, 0.1) is 11.9 Å². The normalized spacial score (nSPS) is 13.8. The lowest BCUT2D eigenvalue weighted by Crippen LogP contribution is -2.46. The van der Waals surface area contributed by atoms with Gasteiger partial charge in [0.25, 0.3) is 5.91 Å². The van der Waals surface area contributed by atoms with Gasteiger partial charge < -0.3 is 19.9 Å². The van der Waals surface area contributed by atoms with E-state index in [1.165, 1.54) is 5.69 Å². The van der Waals surface area contributed by atoms with Crippen molar-refractivity contribution in [3.05, 3.63) is 77.9 Å². The Morgan fingerprint density at radius 3 is 2.30 bits per heavy atom. The van der Waals surface area contributed by atoms with Crippen LogP contribution in [0.25, 0.3) is 0 Å². The molecule has 0 radical (unpaired) electrons. The fraction of sp³-hybridized carbons (Fsp3) is 0.217. The lowest BCUT2D eigenvalue weighted by molar-refractivity contribution is -0.118. The predicted octanol–water partition coefficient (Wildman–Crippen LogP) is 4.08. The summed E-state index contributed by atoms with van der Waals surface area (Å²) in [6.45, 7) is 3.63. The van der Waals surface area contributed by atoms with Crippen molar-refractivity contribution in [2.24, 2.45) is 0 Å². The van der Waals surface area contributed by atoms with Gasteiger partial charge in [-0.1, -0.05) is 29.8 Å². The van der Waals surface area contributed by atoms with E-state index in [-0.39, 0.29) is 12.5 Å². The van der Waals surface area contributed by atoms with Gasteiger partial charge >= 0.3 is 0 Å². The van der Waals surface area contributed by atoms with Crippen LogP contribution in [-0.2, 0) is 4.79 Å². The first-order chi connectivity index (χ1) is 14.7. The molecular weight excluding hydrogens is 400 g/mol. The van der Waals surface area contributed by atoms with Crippen molar-refractivity contribution < 1.29 is 9.53 Å². The van der Waals surface area contributed by atoms with Crippen LogP contribution >= 0.6 is 11.6 Å². The first-order valence-corrected chi connectivity index (χ1v) is 10.2. The second-order valence-electron chi connectivity index (χ2n) is 7.01. The summed E-state index contributed by atoms with van der Waals surface area (Å²) in [7, 11) is 0. The lowest BCUT2D eigenvalue weighted by Gasteiger charge is -2.36. The Balaban J connectivity index is 1.26. The number of benzene rings is 2. The van der Waals surface area contributed by atoms with E-state index in [2.05, 4.69) is 44.4 Å². The van der Waals surface area contributed by atoms with E-state index in [0.717, 1.165) is 32.0 Å². The molecule has 1 aromatic heterocycles. The molecule has 0 unspecified atom stereocenters. The topological polar surface area (TPSA) is 57.7 Å². The molecule has 154 valence electrons. The largest absolute Gasteiger partial charge is 0.484 e. The Morgan fingerprint density at radius 1 is 0.933 bits per heavy atom. The van der Waals surface area contributed by atoms with E-state index in [9.17, 15) is 4.79 Å². The molecule has 0 aliphatic carbocycles. The maximum atomic E-state index is 12.1. The van der Waals surface area contributed by atoms with Crippen LogP contribution in [0.4, 0.5) is 17.2 Å². The van der Waals surface area contributed by atoms with E-state index in [1.807, 2.05) is 18.2 Å². The molecule has 2 heterocycles. The first kappa shape index (κ1) is 20.0. The molecule has 0 bridgehead atoms. The molecule has 1 amide bonds. The molecule has 1 saturated heterocycles. The number of amides is 1. The number of piperazine rings is 1. The molecule has 30 heavy (non-hydrogen) atoms. The Hall–Kier alpha value is -3.25. The first-order valence-electron chi connectivity index (χ1n) is 9.86. The predicted molar refractivity (Wildman–Crippen MR) is 121 cm³/mol. The highest BCUT2D eigenvalue weighted by Crippen LogP contribution is 2.20. The quantitative estimate of drug-likeness (QED) is 0.648. The van der Waals surface area contributed by atoms with Crippen LogP contribution in [0.1, 0.15) is 0 Å². The highest BCUT2D eigenvalue weighted by Gasteiger charge is 2.18. The minimum absolute atomic E-state index is 0.0785. The number of nitrogens with one attached hydrogen (secondary N) is 1. The van der Waals surface area contributed by atoms with Crippen molar-refractivity contribution in [1.29, 1.82) is 0 Å². The molecule has 0 spiro atoms. The van der Waals surface area contributed by atoms with Crippen molar-refractivity contribution in [3.63, 3.8) is 0 Å². The molecular formula is C23H23ClN4O2. The van der Waals surface area contributed by atoms with Crippen LogP contribution in [0.3, 0.4) is 0 Å². The third-order valence-corrected chi connectivity index (χ3v) is 5.19. The molecule has 6 nitrogen and oxygen atoms in total. The number of hydrogen-bond acceptors (Lipinski definition) is 5. The molecule has 1 N–H and O–H groups in total. The minimum atomic E-state index is -0.240. The summed E-state index contributed by atoms with van der Waals surface area (Å²) in [5.41, 5.74) is 1.90. The fourth-order valence-electron chi connectivity index (χ4n) is 3.36. The summed E-state index contributed by atoms with van der Waals surface area (Å²) in [4.78, 5) is 21.3. The molecule has 3 aromatic rings. The smallest absolute Gasteiger partial charge is 0.262 e. The zero-order valence-corrected chi connectivity index (χ0v) is 17.3. The van der Waals surface area contributed by atoms with Crippen molar-refractivity contribution in [2.45, 2.75) is 0 Å². The van der Waals surface area contributed by atoms with Gasteiger partial charge in [0, 0.05) is 36.9 Å². The second-order valence-corrected chi connectivity index (χ2v) is 7.44. The molecule has 0 atom stereocenters. The number of anilines is 3. The number of pyridine rings is 1. The molecule has 4 rings (SSSR count). The van der Waals surface area contributed by atoms with Gasteiger partial charge in [-0.05, 0) is 48.5 Å². The number of para-hydroxylation sites is 1. The van der Waals surface area contributed by atoms with Crippen molar-refractivity contribution >= 4 is 34.7 Å². The van der Waals surface area contributed by atoms with Crippen molar-refractivity contribution in [2.75, 3.05) is 47.9 Å².